The third kappa shape index (κ3) is 5.42. The van der Waals surface area contributed by atoms with Crippen LogP contribution in [-0.4, -0.2) is 41.5 Å². The Bertz CT molecular complexity index is 696. The topological polar surface area (TPSA) is 58.4 Å². The van der Waals surface area contributed by atoms with Crippen molar-refractivity contribution in [3.05, 3.63) is 42.2 Å². The molecule has 3 rings (SSSR count). The smallest absolute Gasteiger partial charge is 0.223 e. The second-order valence-electron chi connectivity index (χ2n) is 5.79. The average molecular weight is 390 g/mol. The van der Waals surface area contributed by atoms with Crippen LogP contribution in [-0.2, 0) is 11.2 Å². The van der Waals surface area contributed by atoms with Crippen molar-refractivity contribution in [3.8, 4) is 11.3 Å². The maximum Gasteiger partial charge on any atom is 0.223 e. The lowest BCUT2D eigenvalue weighted by molar-refractivity contribution is -0.132. The number of hydrogen-bond donors (Lipinski definition) is 1. The molecule has 8 heteroatoms. The van der Waals surface area contributed by atoms with Crippen molar-refractivity contribution in [2.45, 2.75) is 25.8 Å². The first-order chi connectivity index (χ1) is 11.1. The third-order valence-electron chi connectivity index (χ3n) is 3.97. The highest BCUT2D eigenvalue weighted by Gasteiger charge is 2.20. The van der Waals surface area contributed by atoms with Crippen molar-refractivity contribution in [1.29, 1.82) is 0 Å². The zero-order chi connectivity index (χ0) is 16.2. The van der Waals surface area contributed by atoms with Crippen LogP contribution in [0.2, 0.25) is 0 Å². The molecule has 0 aliphatic carbocycles. The molecule has 25 heavy (non-hydrogen) atoms. The molecule has 1 amide bonds. The van der Waals surface area contributed by atoms with Gasteiger partial charge in [-0.3, -0.25) is 4.79 Å². The van der Waals surface area contributed by atoms with E-state index >= 15 is 0 Å². The number of aryl methyl sites for hydroxylation is 1. The Morgan fingerprint density at radius 2 is 2.16 bits per heavy atom. The summed E-state index contributed by atoms with van der Waals surface area (Å²) in [5.41, 5.74) is 0.383. The highest BCUT2D eigenvalue weighted by atomic mass is 35.5. The summed E-state index contributed by atoms with van der Waals surface area (Å²) in [7, 11) is 0. The molecule has 1 aromatic heterocycles. The Kier molecular flexibility index (Phi) is 8.35. The molecule has 0 bridgehead atoms. The first-order valence-corrected chi connectivity index (χ1v) is 7.84. The normalized spacial score (nSPS) is 16.7. The number of carbonyl (C=O) groups excluding carboxylic acids is 1. The number of nitrogens with one attached hydrogen (secondary N) is 1. The summed E-state index contributed by atoms with van der Waals surface area (Å²) in [4.78, 5) is 18.2. The Morgan fingerprint density at radius 3 is 2.88 bits per heavy atom. The van der Waals surface area contributed by atoms with Crippen LogP contribution in [0.1, 0.15) is 19.2 Å². The van der Waals surface area contributed by atoms with Gasteiger partial charge in [0.05, 0.1) is 11.8 Å². The average Bonchev–Trinajstić information content (AvgIpc) is 3.02. The van der Waals surface area contributed by atoms with Crippen molar-refractivity contribution in [3.63, 3.8) is 0 Å². The highest BCUT2D eigenvalue weighted by molar-refractivity contribution is 5.85. The van der Waals surface area contributed by atoms with Crippen molar-refractivity contribution in [2.24, 2.45) is 0 Å². The number of amides is 1. The summed E-state index contributed by atoms with van der Waals surface area (Å²) in [6, 6.07) is 6.72. The number of rotatable bonds is 4. The van der Waals surface area contributed by atoms with E-state index < -0.39 is 0 Å². The van der Waals surface area contributed by atoms with Gasteiger partial charge in [0.15, 0.2) is 11.7 Å². The number of carbonyl (C=O) groups is 1. The molecule has 1 aliphatic rings. The van der Waals surface area contributed by atoms with Gasteiger partial charge in [0.2, 0.25) is 5.91 Å². The minimum atomic E-state index is -0.346. The maximum atomic E-state index is 13.7. The lowest BCUT2D eigenvalue weighted by Gasteiger charge is -2.31. The van der Waals surface area contributed by atoms with Gasteiger partial charge < -0.3 is 14.6 Å². The summed E-state index contributed by atoms with van der Waals surface area (Å²) >= 11 is 0. The lowest BCUT2D eigenvalue weighted by atomic mass is 10.2. The fraction of sp³-hybridized carbons (Fsp3) is 0.412. The molecule has 1 unspecified atom stereocenters. The number of halogens is 3. The minimum absolute atomic E-state index is 0. The maximum absolute atomic E-state index is 13.7. The zero-order valence-corrected chi connectivity index (χ0v) is 15.5. The molecule has 1 aliphatic heterocycles. The number of piperazine rings is 1. The molecule has 1 fully saturated rings. The quantitative estimate of drug-likeness (QED) is 0.872. The predicted molar refractivity (Wildman–Crippen MR) is 98.8 cm³/mol. The van der Waals surface area contributed by atoms with Crippen molar-refractivity contribution in [2.75, 3.05) is 19.6 Å². The Labute approximate surface area is 158 Å². The van der Waals surface area contributed by atoms with Gasteiger partial charge in [-0.2, -0.15) is 0 Å². The summed E-state index contributed by atoms with van der Waals surface area (Å²) < 4.78 is 19.3. The molecule has 1 aromatic carbocycles. The van der Waals surface area contributed by atoms with Crippen LogP contribution in [0.3, 0.4) is 0 Å². The zero-order valence-electron chi connectivity index (χ0n) is 13.9. The first-order valence-electron chi connectivity index (χ1n) is 7.84. The summed E-state index contributed by atoms with van der Waals surface area (Å²) in [6.07, 6.45) is 2.28. The van der Waals surface area contributed by atoms with Crippen LogP contribution in [0.15, 0.2) is 34.9 Å². The fourth-order valence-corrected chi connectivity index (χ4v) is 2.74. The lowest BCUT2D eigenvalue weighted by Crippen LogP contribution is -2.51. The van der Waals surface area contributed by atoms with E-state index in [-0.39, 0.29) is 36.5 Å². The van der Waals surface area contributed by atoms with Crippen LogP contribution in [0.25, 0.3) is 11.3 Å². The van der Waals surface area contributed by atoms with Crippen LogP contribution in [0.5, 0.6) is 0 Å². The van der Waals surface area contributed by atoms with Crippen LogP contribution < -0.4 is 5.32 Å². The van der Waals surface area contributed by atoms with E-state index in [9.17, 15) is 9.18 Å². The molecule has 5 nitrogen and oxygen atoms in total. The number of nitrogens with zero attached hydrogens (tertiary/aromatic N) is 2. The molecule has 138 valence electrons. The van der Waals surface area contributed by atoms with Gasteiger partial charge in [-0.1, -0.05) is 12.1 Å². The van der Waals surface area contributed by atoms with E-state index in [1.54, 1.807) is 18.2 Å². The minimum Gasteiger partial charge on any atom is -0.441 e. The predicted octanol–water partition coefficient (Wildman–Crippen LogP) is 3.08. The number of aromatic nitrogens is 1. The van der Waals surface area contributed by atoms with Gasteiger partial charge >= 0.3 is 0 Å². The first kappa shape index (κ1) is 21.4. The van der Waals surface area contributed by atoms with Crippen LogP contribution in [0.4, 0.5) is 4.39 Å². The van der Waals surface area contributed by atoms with Gasteiger partial charge in [-0.25, -0.2) is 9.37 Å². The van der Waals surface area contributed by atoms with Gasteiger partial charge in [-0.15, -0.1) is 24.8 Å². The standard InChI is InChI=1S/C17H20FN3O2.2ClH/c1-12-11-21(9-8-19-12)17(22)7-6-16-20-10-15(23-16)13-4-2-3-5-14(13)18;;/h2-5,10,12,19H,6-9,11H2,1H3;2*1H. The van der Waals surface area contributed by atoms with Gasteiger partial charge in [0.25, 0.3) is 0 Å². The molecule has 1 saturated heterocycles. The van der Waals surface area contributed by atoms with Crippen molar-refractivity contribution >= 4 is 30.7 Å². The molecule has 2 heterocycles. The van der Waals surface area contributed by atoms with Crippen LogP contribution in [0, 0.1) is 5.82 Å². The highest BCUT2D eigenvalue weighted by Crippen LogP contribution is 2.23. The second kappa shape index (κ2) is 9.75. The molecular formula is C17H22Cl2FN3O2. The molecule has 1 N–H and O–H groups in total. The molecule has 2 aromatic rings. The van der Waals surface area contributed by atoms with Gasteiger partial charge in [0.1, 0.15) is 5.82 Å². The van der Waals surface area contributed by atoms with E-state index in [0.717, 1.165) is 19.6 Å². The molecule has 0 saturated carbocycles. The Hall–Kier alpha value is -1.63. The monoisotopic (exact) mass is 389 g/mol. The fourth-order valence-electron chi connectivity index (χ4n) is 2.74. The Morgan fingerprint density at radius 1 is 1.40 bits per heavy atom. The van der Waals surface area contributed by atoms with Gasteiger partial charge in [-0.05, 0) is 19.1 Å². The van der Waals surface area contributed by atoms with E-state index in [2.05, 4.69) is 17.2 Å². The van der Waals surface area contributed by atoms with E-state index in [1.807, 2.05) is 4.90 Å². The number of oxazole rings is 1. The number of hydrogen-bond acceptors (Lipinski definition) is 4. The number of benzene rings is 1. The van der Waals surface area contributed by atoms with E-state index in [1.165, 1.54) is 12.3 Å². The summed E-state index contributed by atoms with van der Waals surface area (Å²) in [5.74, 6) is 0.603. The Balaban J connectivity index is 0.00000156. The van der Waals surface area contributed by atoms with E-state index in [4.69, 9.17) is 4.42 Å². The van der Waals surface area contributed by atoms with Crippen molar-refractivity contribution < 1.29 is 13.6 Å². The summed E-state index contributed by atoms with van der Waals surface area (Å²) in [6.45, 7) is 4.34. The van der Waals surface area contributed by atoms with Crippen LogP contribution >= 0.6 is 24.8 Å². The molecular weight excluding hydrogens is 368 g/mol. The third-order valence-corrected chi connectivity index (χ3v) is 3.97. The largest absolute Gasteiger partial charge is 0.441 e. The molecule has 0 spiro atoms. The van der Waals surface area contributed by atoms with Gasteiger partial charge in [0, 0.05) is 38.5 Å². The SMILES string of the molecule is CC1CN(C(=O)CCc2ncc(-c3ccccc3F)o2)CCN1.Cl.Cl. The molecule has 0 radical (unpaired) electrons. The second-order valence-corrected chi connectivity index (χ2v) is 5.79. The van der Waals surface area contributed by atoms with E-state index in [0.29, 0.717) is 36.1 Å². The van der Waals surface area contributed by atoms with Crippen molar-refractivity contribution in [1.82, 2.24) is 15.2 Å². The molecule has 1 atom stereocenters. The summed E-state index contributed by atoms with van der Waals surface area (Å²) in [5, 5.41) is 3.31.